The Hall–Kier alpha value is -2.60. The van der Waals surface area contributed by atoms with Gasteiger partial charge in [-0.3, -0.25) is 14.3 Å². The Balaban J connectivity index is 0.00000128. The maximum absolute atomic E-state index is 12.8. The van der Waals surface area contributed by atoms with E-state index in [1.807, 2.05) is 43.6 Å². The Morgan fingerprint density at radius 3 is 2.60 bits per heavy atom. The largest absolute Gasteiger partial charge is 0.346 e. The van der Waals surface area contributed by atoms with Gasteiger partial charge in [-0.2, -0.15) is 0 Å². The zero-order chi connectivity index (χ0) is 19.3. The molecule has 5 nitrogen and oxygen atoms in total. The second-order valence-corrected chi connectivity index (χ2v) is 7.42. The first-order valence-corrected chi connectivity index (χ1v) is 9.59. The van der Waals surface area contributed by atoms with E-state index in [-0.39, 0.29) is 30.4 Å². The average Bonchev–Trinajstić information content (AvgIpc) is 3.01. The number of aromatic nitrogens is 3. The normalized spacial score (nSPS) is 12.7. The van der Waals surface area contributed by atoms with Gasteiger partial charge in [-0.15, -0.1) is 24.8 Å². The minimum Gasteiger partial charge on any atom is -0.346 e. The Bertz CT molecular complexity index is 1260. The standard InChI is InChI=1S/C23H22N4O.2ClH/c1-15-3-4-17(13-25-15)16-8-10-27(23(28)11-16)18-5-6-19-20-7-9-24-14-22(20)26(2)21(19)12-18;;/h3-6,8,10-13,24H,7,9,14H2,1-2H3;2*1H. The summed E-state index contributed by atoms with van der Waals surface area (Å²) in [4.78, 5) is 17.1. The number of nitrogens with one attached hydrogen (secondary N) is 1. The van der Waals surface area contributed by atoms with Crippen LogP contribution in [0.25, 0.3) is 27.7 Å². The van der Waals surface area contributed by atoms with E-state index in [4.69, 9.17) is 0 Å². The van der Waals surface area contributed by atoms with Crippen molar-refractivity contribution in [3.05, 3.63) is 82.2 Å². The molecule has 0 saturated heterocycles. The van der Waals surface area contributed by atoms with Crippen molar-refractivity contribution in [2.24, 2.45) is 7.05 Å². The minimum atomic E-state index is -0.0435. The molecule has 0 saturated carbocycles. The van der Waals surface area contributed by atoms with Crippen LogP contribution in [-0.2, 0) is 20.0 Å². The van der Waals surface area contributed by atoms with Crippen LogP contribution < -0.4 is 10.9 Å². The SMILES string of the molecule is Cc1ccc(-c2ccn(-c3ccc4c5c(n(C)c4c3)CNCC5)c(=O)c2)cn1.Cl.Cl. The predicted octanol–water partition coefficient (Wildman–Crippen LogP) is 4.19. The fourth-order valence-corrected chi connectivity index (χ4v) is 4.14. The first kappa shape index (κ1) is 22.1. The molecule has 1 N–H and O–H groups in total. The van der Waals surface area contributed by atoms with Crippen LogP contribution in [0.15, 0.2) is 59.7 Å². The molecule has 5 rings (SSSR count). The maximum Gasteiger partial charge on any atom is 0.255 e. The number of aryl methyl sites for hydroxylation is 2. The van der Waals surface area contributed by atoms with Crippen LogP contribution in [0.3, 0.4) is 0 Å². The van der Waals surface area contributed by atoms with Gasteiger partial charge >= 0.3 is 0 Å². The van der Waals surface area contributed by atoms with Gasteiger partial charge in [0.15, 0.2) is 0 Å². The number of hydrogen-bond donors (Lipinski definition) is 1. The van der Waals surface area contributed by atoms with E-state index >= 15 is 0 Å². The number of hydrogen-bond acceptors (Lipinski definition) is 3. The first-order chi connectivity index (χ1) is 13.6. The lowest BCUT2D eigenvalue weighted by Crippen LogP contribution is -2.24. The zero-order valence-electron chi connectivity index (χ0n) is 16.9. The zero-order valence-corrected chi connectivity index (χ0v) is 18.5. The molecule has 0 spiro atoms. The highest BCUT2D eigenvalue weighted by Crippen LogP contribution is 2.29. The molecule has 0 atom stereocenters. The molecule has 7 heteroatoms. The third-order valence-corrected chi connectivity index (χ3v) is 5.71. The number of rotatable bonds is 2. The van der Waals surface area contributed by atoms with Gasteiger partial charge in [-0.25, -0.2) is 0 Å². The summed E-state index contributed by atoms with van der Waals surface area (Å²) in [6.07, 6.45) is 4.71. The van der Waals surface area contributed by atoms with E-state index < -0.39 is 0 Å². The van der Waals surface area contributed by atoms with Crippen molar-refractivity contribution in [1.82, 2.24) is 19.4 Å². The van der Waals surface area contributed by atoms with E-state index in [0.717, 1.165) is 42.0 Å². The molecule has 0 unspecified atom stereocenters. The molecule has 0 fully saturated rings. The van der Waals surface area contributed by atoms with E-state index in [2.05, 4.69) is 34.0 Å². The number of benzene rings is 1. The molecule has 1 aromatic carbocycles. The number of fused-ring (bicyclic) bond motifs is 3. The molecule has 4 heterocycles. The van der Waals surface area contributed by atoms with E-state index in [1.54, 1.807) is 10.6 Å². The topological polar surface area (TPSA) is 51.9 Å². The van der Waals surface area contributed by atoms with Crippen LogP contribution in [0, 0.1) is 6.92 Å². The molecular formula is C23H24Cl2N4O. The molecule has 1 aliphatic heterocycles. The van der Waals surface area contributed by atoms with E-state index in [1.165, 1.54) is 22.2 Å². The van der Waals surface area contributed by atoms with Crippen molar-refractivity contribution in [3.8, 4) is 16.8 Å². The lowest BCUT2D eigenvalue weighted by atomic mass is 10.0. The van der Waals surface area contributed by atoms with Crippen LogP contribution in [0.2, 0.25) is 0 Å². The Morgan fingerprint density at radius 2 is 1.87 bits per heavy atom. The molecule has 0 radical (unpaired) electrons. The Labute approximate surface area is 187 Å². The van der Waals surface area contributed by atoms with Crippen molar-refractivity contribution in [2.45, 2.75) is 19.9 Å². The number of nitrogens with zero attached hydrogens (tertiary/aromatic N) is 3. The molecule has 3 aromatic heterocycles. The van der Waals surface area contributed by atoms with Gasteiger partial charge in [-0.05, 0) is 55.3 Å². The predicted molar refractivity (Wildman–Crippen MR) is 126 cm³/mol. The lowest BCUT2D eigenvalue weighted by molar-refractivity contribution is 0.614. The molecule has 0 amide bonds. The summed E-state index contributed by atoms with van der Waals surface area (Å²) in [7, 11) is 2.11. The Morgan fingerprint density at radius 1 is 1.03 bits per heavy atom. The fraction of sp³-hybridized carbons (Fsp3) is 0.217. The first-order valence-electron chi connectivity index (χ1n) is 9.59. The summed E-state index contributed by atoms with van der Waals surface area (Å²) in [6, 6.07) is 13.9. The fourth-order valence-electron chi connectivity index (χ4n) is 4.14. The highest BCUT2D eigenvalue weighted by atomic mass is 35.5. The molecule has 30 heavy (non-hydrogen) atoms. The monoisotopic (exact) mass is 442 g/mol. The molecule has 0 bridgehead atoms. The van der Waals surface area contributed by atoms with Crippen molar-refractivity contribution in [1.29, 1.82) is 0 Å². The summed E-state index contributed by atoms with van der Waals surface area (Å²) in [6.45, 7) is 3.87. The molecule has 156 valence electrons. The maximum atomic E-state index is 12.8. The van der Waals surface area contributed by atoms with Crippen molar-refractivity contribution < 1.29 is 0 Å². The van der Waals surface area contributed by atoms with E-state index in [9.17, 15) is 4.79 Å². The summed E-state index contributed by atoms with van der Waals surface area (Å²) < 4.78 is 3.95. The summed E-state index contributed by atoms with van der Waals surface area (Å²) >= 11 is 0. The van der Waals surface area contributed by atoms with Crippen molar-refractivity contribution in [3.63, 3.8) is 0 Å². The second-order valence-electron chi connectivity index (χ2n) is 7.42. The van der Waals surface area contributed by atoms with Crippen LogP contribution in [0.4, 0.5) is 0 Å². The molecular weight excluding hydrogens is 419 g/mol. The van der Waals surface area contributed by atoms with Crippen LogP contribution >= 0.6 is 24.8 Å². The number of halogens is 2. The second kappa shape index (κ2) is 8.64. The molecule has 1 aliphatic rings. The van der Waals surface area contributed by atoms with Gasteiger partial charge in [0, 0.05) is 54.4 Å². The van der Waals surface area contributed by atoms with Gasteiger partial charge in [0.25, 0.3) is 5.56 Å². The number of pyridine rings is 2. The van der Waals surface area contributed by atoms with Gasteiger partial charge in [0.2, 0.25) is 0 Å². The minimum absolute atomic E-state index is 0. The van der Waals surface area contributed by atoms with Crippen LogP contribution in [0.1, 0.15) is 17.0 Å². The average molecular weight is 443 g/mol. The van der Waals surface area contributed by atoms with Gasteiger partial charge in [0.05, 0.1) is 11.2 Å². The summed E-state index contributed by atoms with van der Waals surface area (Å²) in [5.74, 6) is 0. The highest BCUT2D eigenvalue weighted by Gasteiger charge is 2.18. The molecule has 0 aliphatic carbocycles. The third kappa shape index (κ3) is 3.65. The van der Waals surface area contributed by atoms with Crippen molar-refractivity contribution >= 4 is 35.7 Å². The van der Waals surface area contributed by atoms with Crippen LogP contribution in [-0.4, -0.2) is 20.7 Å². The van der Waals surface area contributed by atoms with Crippen molar-refractivity contribution in [2.75, 3.05) is 6.54 Å². The molecule has 4 aromatic rings. The van der Waals surface area contributed by atoms with Crippen LogP contribution in [0.5, 0.6) is 0 Å². The highest BCUT2D eigenvalue weighted by molar-refractivity contribution is 5.87. The van der Waals surface area contributed by atoms with Gasteiger partial charge in [-0.1, -0.05) is 12.1 Å². The summed E-state index contributed by atoms with van der Waals surface area (Å²) in [5.41, 5.74) is 7.58. The van der Waals surface area contributed by atoms with Gasteiger partial charge in [0.1, 0.15) is 0 Å². The summed E-state index contributed by atoms with van der Waals surface area (Å²) in [5, 5.41) is 4.73. The van der Waals surface area contributed by atoms with Gasteiger partial charge < -0.3 is 9.88 Å². The van der Waals surface area contributed by atoms with E-state index in [0.29, 0.717) is 0 Å². The smallest absolute Gasteiger partial charge is 0.255 e. The third-order valence-electron chi connectivity index (χ3n) is 5.71. The quantitative estimate of drug-likeness (QED) is 0.506. The Kier molecular flexibility index (Phi) is 6.36. The lowest BCUT2D eigenvalue weighted by Gasteiger charge is -2.14.